The number of anilines is 1. The molecule has 1 saturated carbocycles. The number of amides is 2. The predicted molar refractivity (Wildman–Crippen MR) is 196 cm³/mol. The number of aryl methyl sites for hydroxylation is 1. The fourth-order valence-corrected chi connectivity index (χ4v) is 8.01. The minimum Gasteiger partial charge on any atom is -0.352 e. The van der Waals surface area contributed by atoms with E-state index in [4.69, 9.17) is 11.6 Å². The SMILES string of the molecule is Cc1ccc(S(=O)(=O)N(CC(=O)N(Cc2ccc(Br)cc2)[C@H](Cc2ccccc2)C(=O)NC2CCCCC2)c2cccc(Cl)c2C)cc1. The van der Waals surface area contributed by atoms with Crippen LogP contribution in [-0.2, 0) is 32.6 Å². The highest BCUT2D eigenvalue weighted by molar-refractivity contribution is 9.10. The van der Waals surface area contributed by atoms with Gasteiger partial charge in [0.1, 0.15) is 12.6 Å². The van der Waals surface area contributed by atoms with E-state index in [1.54, 1.807) is 37.3 Å². The van der Waals surface area contributed by atoms with Crippen LogP contribution in [-0.4, -0.2) is 43.8 Å². The summed E-state index contributed by atoms with van der Waals surface area (Å²) in [6.45, 7) is 3.18. The van der Waals surface area contributed by atoms with E-state index in [1.165, 1.54) is 17.0 Å². The Bertz CT molecular complexity index is 1810. The summed E-state index contributed by atoms with van der Waals surface area (Å²) in [7, 11) is -4.22. The standard InChI is InChI=1S/C38H41BrClN3O4S/c1-27-16-22-33(23-17-27)48(46,47)43(35-15-9-14-34(40)28(35)2)26-37(44)42(25-30-18-20-31(39)21-19-30)36(24-29-10-5-3-6-11-29)38(45)41-32-12-7-4-8-13-32/h3,5-6,9-11,14-23,32,36H,4,7-8,12-13,24-26H2,1-2H3,(H,41,45)/t36-/m1/s1. The first-order valence-corrected chi connectivity index (χ1v) is 18.9. The quantitative estimate of drug-likeness (QED) is 0.159. The van der Waals surface area contributed by atoms with Gasteiger partial charge in [-0.3, -0.25) is 13.9 Å². The Hall–Kier alpha value is -3.66. The van der Waals surface area contributed by atoms with E-state index >= 15 is 0 Å². The zero-order chi connectivity index (χ0) is 34.3. The molecule has 10 heteroatoms. The summed E-state index contributed by atoms with van der Waals surface area (Å²) in [5.74, 6) is -0.754. The van der Waals surface area contributed by atoms with Crippen molar-refractivity contribution in [2.75, 3.05) is 10.8 Å². The molecular weight excluding hydrogens is 710 g/mol. The highest BCUT2D eigenvalue weighted by Crippen LogP contribution is 2.32. The van der Waals surface area contributed by atoms with E-state index in [1.807, 2.05) is 61.5 Å². The van der Waals surface area contributed by atoms with Crippen LogP contribution in [0.3, 0.4) is 0 Å². The van der Waals surface area contributed by atoms with Gasteiger partial charge in [-0.15, -0.1) is 0 Å². The van der Waals surface area contributed by atoms with E-state index < -0.39 is 28.5 Å². The molecule has 4 aromatic rings. The molecule has 0 heterocycles. The summed E-state index contributed by atoms with van der Waals surface area (Å²) in [4.78, 5) is 30.6. The largest absolute Gasteiger partial charge is 0.352 e. The summed E-state index contributed by atoms with van der Waals surface area (Å²) >= 11 is 9.98. The zero-order valence-corrected chi connectivity index (χ0v) is 30.4. The lowest BCUT2D eigenvalue weighted by molar-refractivity contribution is -0.140. The first-order chi connectivity index (χ1) is 23.0. The molecule has 252 valence electrons. The van der Waals surface area contributed by atoms with Crippen molar-refractivity contribution in [3.8, 4) is 0 Å². The van der Waals surface area contributed by atoms with Crippen LogP contribution in [0.25, 0.3) is 0 Å². The van der Waals surface area contributed by atoms with Crippen molar-refractivity contribution in [3.63, 3.8) is 0 Å². The molecule has 7 nitrogen and oxygen atoms in total. The first-order valence-electron chi connectivity index (χ1n) is 16.3. The summed E-state index contributed by atoms with van der Waals surface area (Å²) in [6, 6.07) is 27.8. The van der Waals surface area contributed by atoms with E-state index in [-0.39, 0.29) is 29.8 Å². The van der Waals surface area contributed by atoms with Crippen LogP contribution < -0.4 is 9.62 Å². The molecule has 1 atom stereocenters. The minimum absolute atomic E-state index is 0.0293. The van der Waals surface area contributed by atoms with Crippen LogP contribution in [0.5, 0.6) is 0 Å². The highest BCUT2D eigenvalue weighted by atomic mass is 79.9. The normalized spacial score (nSPS) is 14.2. The van der Waals surface area contributed by atoms with Crippen molar-refractivity contribution < 1.29 is 18.0 Å². The molecule has 0 aliphatic heterocycles. The van der Waals surface area contributed by atoms with Gasteiger partial charge in [-0.2, -0.15) is 0 Å². The molecule has 0 unspecified atom stereocenters. The Morgan fingerprint density at radius 3 is 2.19 bits per heavy atom. The van der Waals surface area contributed by atoms with Crippen molar-refractivity contribution >= 4 is 55.1 Å². The van der Waals surface area contributed by atoms with Crippen LogP contribution in [0.15, 0.2) is 106 Å². The number of hydrogen-bond donors (Lipinski definition) is 1. The summed E-state index contributed by atoms with van der Waals surface area (Å²) < 4.78 is 30.7. The van der Waals surface area contributed by atoms with Crippen molar-refractivity contribution in [2.24, 2.45) is 0 Å². The highest BCUT2D eigenvalue weighted by Gasteiger charge is 2.36. The predicted octanol–water partition coefficient (Wildman–Crippen LogP) is 8.00. The van der Waals surface area contributed by atoms with Gasteiger partial charge in [0.25, 0.3) is 10.0 Å². The fraction of sp³-hybridized carbons (Fsp3) is 0.316. The van der Waals surface area contributed by atoms with Gasteiger partial charge in [0.05, 0.1) is 10.6 Å². The molecule has 1 aliphatic rings. The van der Waals surface area contributed by atoms with E-state index in [9.17, 15) is 18.0 Å². The van der Waals surface area contributed by atoms with Crippen molar-refractivity contribution in [3.05, 3.63) is 129 Å². The summed E-state index contributed by atoms with van der Waals surface area (Å²) in [5.41, 5.74) is 3.43. The fourth-order valence-electron chi connectivity index (χ4n) is 6.10. The Morgan fingerprint density at radius 2 is 1.52 bits per heavy atom. The number of carbonyl (C=O) groups excluding carboxylic acids is 2. The third-order valence-electron chi connectivity index (χ3n) is 8.88. The molecule has 0 bridgehead atoms. The maximum Gasteiger partial charge on any atom is 0.264 e. The van der Waals surface area contributed by atoms with E-state index in [2.05, 4.69) is 21.2 Å². The van der Waals surface area contributed by atoms with Crippen LogP contribution in [0.4, 0.5) is 5.69 Å². The van der Waals surface area contributed by atoms with Crippen LogP contribution in [0.1, 0.15) is 54.4 Å². The molecule has 0 spiro atoms. The monoisotopic (exact) mass is 749 g/mol. The molecule has 5 rings (SSSR count). The first kappa shape index (κ1) is 35.6. The lowest BCUT2D eigenvalue weighted by Gasteiger charge is -2.35. The number of halogens is 2. The average molecular weight is 751 g/mol. The number of sulfonamides is 1. The molecule has 0 aromatic heterocycles. The lowest BCUT2D eigenvalue weighted by atomic mass is 9.94. The van der Waals surface area contributed by atoms with Gasteiger partial charge in [-0.05, 0) is 79.8 Å². The second-order valence-electron chi connectivity index (χ2n) is 12.4. The lowest BCUT2D eigenvalue weighted by Crippen LogP contribution is -2.55. The molecular formula is C38H41BrClN3O4S. The average Bonchev–Trinajstić information content (AvgIpc) is 3.08. The van der Waals surface area contributed by atoms with Crippen LogP contribution in [0, 0.1) is 13.8 Å². The molecule has 4 aromatic carbocycles. The molecule has 48 heavy (non-hydrogen) atoms. The Kier molecular flexibility index (Phi) is 12.0. The van der Waals surface area contributed by atoms with Crippen molar-refractivity contribution in [2.45, 2.75) is 75.9 Å². The molecule has 0 radical (unpaired) electrons. The van der Waals surface area contributed by atoms with Crippen LogP contribution >= 0.6 is 27.5 Å². The van der Waals surface area contributed by atoms with Gasteiger partial charge in [0.15, 0.2) is 0 Å². The van der Waals surface area contributed by atoms with Crippen LogP contribution in [0.2, 0.25) is 5.02 Å². The van der Waals surface area contributed by atoms with Gasteiger partial charge < -0.3 is 10.2 Å². The Morgan fingerprint density at radius 1 is 0.854 bits per heavy atom. The van der Waals surface area contributed by atoms with Gasteiger partial charge in [0, 0.05) is 28.5 Å². The Balaban J connectivity index is 1.58. The molecule has 2 amide bonds. The van der Waals surface area contributed by atoms with E-state index in [0.717, 1.165) is 57.6 Å². The van der Waals surface area contributed by atoms with Crippen molar-refractivity contribution in [1.29, 1.82) is 0 Å². The van der Waals surface area contributed by atoms with Crippen molar-refractivity contribution in [1.82, 2.24) is 10.2 Å². The molecule has 1 fully saturated rings. The van der Waals surface area contributed by atoms with Gasteiger partial charge >= 0.3 is 0 Å². The number of benzene rings is 4. The van der Waals surface area contributed by atoms with Gasteiger partial charge in [-0.1, -0.05) is 113 Å². The number of nitrogens with one attached hydrogen (secondary N) is 1. The Labute approximate surface area is 297 Å². The maximum atomic E-state index is 14.8. The third kappa shape index (κ3) is 8.87. The third-order valence-corrected chi connectivity index (χ3v) is 11.6. The van der Waals surface area contributed by atoms with Gasteiger partial charge in [0.2, 0.25) is 11.8 Å². The number of nitrogens with zero attached hydrogens (tertiary/aromatic N) is 2. The molecule has 1 N–H and O–H groups in total. The molecule has 0 saturated heterocycles. The number of rotatable bonds is 12. The summed E-state index contributed by atoms with van der Waals surface area (Å²) in [6.07, 6.45) is 5.27. The van der Waals surface area contributed by atoms with Gasteiger partial charge in [-0.25, -0.2) is 8.42 Å². The zero-order valence-electron chi connectivity index (χ0n) is 27.2. The topological polar surface area (TPSA) is 86.8 Å². The number of carbonyl (C=O) groups is 2. The smallest absolute Gasteiger partial charge is 0.264 e. The summed E-state index contributed by atoms with van der Waals surface area (Å²) in [5, 5.41) is 3.62. The van der Waals surface area contributed by atoms with E-state index in [0.29, 0.717) is 16.3 Å². The maximum absolute atomic E-state index is 14.8. The second-order valence-corrected chi connectivity index (χ2v) is 15.6. The minimum atomic E-state index is -4.22. The molecule has 1 aliphatic carbocycles. The number of hydrogen-bond acceptors (Lipinski definition) is 4. The second kappa shape index (κ2) is 16.2.